The van der Waals surface area contributed by atoms with Crippen molar-refractivity contribution >= 4 is 37.6 Å². The van der Waals surface area contributed by atoms with E-state index >= 15 is 0 Å². The molecule has 0 atom stereocenters. The average Bonchev–Trinajstić information content (AvgIpc) is 3.29. The number of benzene rings is 2. The van der Waals surface area contributed by atoms with E-state index in [1.807, 2.05) is 0 Å². The van der Waals surface area contributed by atoms with Gasteiger partial charge in [0.1, 0.15) is 0 Å². The van der Waals surface area contributed by atoms with Crippen LogP contribution in [-0.2, 0) is 22.9 Å². The summed E-state index contributed by atoms with van der Waals surface area (Å²) in [7, 11) is -3.98. The second-order valence-corrected chi connectivity index (χ2v) is 9.06. The van der Waals surface area contributed by atoms with Gasteiger partial charge in [-0.25, -0.2) is 17.9 Å². The van der Waals surface area contributed by atoms with E-state index in [-0.39, 0.29) is 10.5 Å². The lowest BCUT2D eigenvalue weighted by Crippen LogP contribution is -2.17. The maximum Gasteiger partial charge on any atom is 0.335 e. The van der Waals surface area contributed by atoms with E-state index in [9.17, 15) is 18.3 Å². The van der Waals surface area contributed by atoms with Gasteiger partial charge in [-0.05, 0) is 70.6 Å². The third kappa shape index (κ3) is 3.43. The smallest absolute Gasteiger partial charge is 0.335 e. The van der Waals surface area contributed by atoms with Crippen molar-refractivity contribution in [3.63, 3.8) is 0 Å². The second kappa shape index (κ2) is 7.06. The topological polar surface area (TPSA) is 101 Å². The minimum atomic E-state index is -3.98. The number of fused-ring (bicyclic) bond motifs is 1. The molecular weight excluding hydrogens is 446 g/mol. The summed E-state index contributed by atoms with van der Waals surface area (Å²) in [6, 6.07) is 9.70. The number of carboxylic acids is 1. The number of aromatic nitrogens is 2. The highest BCUT2D eigenvalue weighted by atomic mass is 79.9. The highest BCUT2D eigenvalue weighted by molar-refractivity contribution is 9.10. The maximum atomic E-state index is 13.2. The normalized spacial score (nSPS) is 13.3. The van der Waals surface area contributed by atoms with Crippen molar-refractivity contribution in [3.05, 3.63) is 70.0 Å². The molecule has 0 aliphatic heterocycles. The Morgan fingerprint density at radius 1 is 1.21 bits per heavy atom. The molecule has 2 aromatic carbocycles. The van der Waals surface area contributed by atoms with Crippen molar-refractivity contribution in [2.75, 3.05) is 4.72 Å². The number of halogens is 1. The molecule has 1 aliphatic rings. The molecular formula is C19H16BrN3O4S. The summed E-state index contributed by atoms with van der Waals surface area (Å²) in [6.07, 6.45) is 5.42. The van der Waals surface area contributed by atoms with Gasteiger partial charge in [0.25, 0.3) is 10.0 Å². The summed E-state index contributed by atoms with van der Waals surface area (Å²) < 4.78 is 31.3. The van der Waals surface area contributed by atoms with Crippen LogP contribution in [-0.4, -0.2) is 29.3 Å². The minimum Gasteiger partial charge on any atom is -0.478 e. The molecule has 1 heterocycles. The second-order valence-electron chi connectivity index (χ2n) is 6.50. The third-order valence-electron chi connectivity index (χ3n) is 4.66. The zero-order valence-electron chi connectivity index (χ0n) is 14.6. The van der Waals surface area contributed by atoms with E-state index in [4.69, 9.17) is 0 Å². The molecule has 0 saturated heterocycles. The Hall–Kier alpha value is -2.65. The fourth-order valence-electron chi connectivity index (χ4n) is 3.42. The van der Waals surface area contributed by atoms with Crippen LogP contribution in [0.4, 0.5) is 5.69 Å². The van der Waals surface area contributed by atoms with E-state index in [0.717, 1.165) is 16.5 Å². The molecule has 0 unspecified atom stereocenters. The number of carboxylic acid groups (broad SMARTS) is 1. The standard InChI is InChI=1S/C19H16BrN3O4S/c20-14-10-21-23(11-14)17-7-2-1-6-16(17)22-28(26,27)18-9-13(19(24)25)8-12-4-3-5-15(12)18/h1-2,6-11,22H,3-5H2,(H,24,25). The molecule has 4 rings (SSSR count). The fourth-order valence-corrected chi connectivity index (χ4v) is 5.12. The Bertz CT molecular complexity index is 1190. The first-order valence-corrected chi connectivity index (χ1v) is 10.8. The number of hydrogen-bond acceptors (Lipinski definition) is 4. The number of nitrogens with one attached hydrogen (secondary N) is 1. The van der Waals surface area contributed by atoms with Gasteiger partial charge in [0.15, 0.2) is 0 Å². The molecule has 1 aliphatic carbocycles. The first kappa shape index (κ1) is 18.7. The van der Waals surface area contributed by atoms with E-state index in [1.54, 1.807) is 47.4 Å². The number of anilines is 1. The molecule has 0 radical (unpaired) electrons. The number of rotatable bonds is 5. The van der Waals surface area contributed by atoms with Gasteiger partial charge in [0.2, 0.25) is 0 Å². The Morgan fingerprint density at radius 2 is 2.00 bits per heavy atom. The van der Waals surface area contributed by atoms with Gasteiger partial charge in [0.05, 0.1) is 32.5 Å². The third-order valence-corrected chi connectivity index (χ3v) is 6.50. The summed E-state index contributed by atoms with van der Waals surface area (Å²) in [4.78, 5) is 11.5. The molecule has 9 heteroatoms. The van der Waals surface area contributed by atoms with E-state index in [1.165, 1.54) is 6.07 Å². The summed E-state index contributed by atoms with van der Waals surface area (Å²) in [5.74, 6) is -1.15. The molecule has 0 fully saturated rings. The summed E-state index contributed by atoms with van der Waals surface area (Å²) in [5.41, 5.74) is 2.36. The van der Waals surface area contributed by atoms with Gasteiger partial charge in [0, 0.05) is 6.20 Å². The Labute approximate surface area is 170 Å². The van der Waals surface area contributed by atoms with E-state index < -0.39 is 16.0 Å². The lowest BCUT2D eigenvalue weighted by atomic mass is 10.1. The summed E-state index contributed by atoms with van der Waals surface area (Å²) in [6.45, 7) is 0. The molecule has 1 aromatic heterocycles. The van der Waals surface area contributed by atoms with Gasteiger partial charge < -0.3 is 5.11 Å². The van der Waals surface area contributed by atoms with Gasteiger partial charge >= 0.3 is 5.97 Å². The molecule has 0 bridgehead atoms. The first-order chi connectivity index (χ1) is 13.3. The number of nitrogens with zero attached hydrogens (tertiary/aromatic N) is 2. The Kier molecular flexibility index (Phi) is 4.72. The van der Waals surface area contributed by atoms with Crippen LogP contribution in [0.2, 0.25) is 0 Å². The van der Waals surface area contributed by atoms with Crippen molar-refractivity contribution in [2.24, 2.45) is 0 Å². The monoisotopic (exact) mass is 461 g/mol. The Morgan fingerprint density at radius 3 is 2.71 bits per heavy atom. The molecule has 3 aromatic rings. The lowest BCUT2D eigenvalue weighted by molar-refractivity contribution is 0.0696. The fraction of sp³-hybridized carbons (Fsp3) is 0.158. The number of carbonyl (C=O) groups is 1. The minimum absolute atomic E-state index is 0.0229. The van der Waals surface area contributed by atoms with Crippen molar-refractivity contribution < 1.29 is 18.3 Å². The van der Waals surface area contributed by atoms with Crippen LogP contribution in [0.5, 0.6) is 0 Å². The predicted molar refractivity (Wildman–Crippen MR) is 107 cm³/mol. The van der Waals surface area contributed by atoms with Crippen LogP contribution >= 0.6 is 15.9 Å². The number of sulfonamides is 1. The molecule has 7 nitrogen and oxygen atoms in total. The Balaban J connectivity index is 1.79. The summed E-state index contributed by atoms with van der Waals surface area (Å²) >= 11 is 3.33. The van der Waals surface area contributed by atoms with Crippen LogP contribution < -0.4 is 4.72 Å². The van der Waals surface area contributed by atoms with Crippen LogP contribution in [0.3, 0.4) is 0 Å². The van der Waals surface area contributed by atoms with Crippen molar-refractivity contribution in [1.29, 1.82) is 0 Å². The molecule has 28 heavy (non-hydrogen) atoms. The SMILES string of the molecule is O=C(O)c1cc2c(c(S(=O)(=O)Nc3ccccc3-n3cc(Br)cn3)c1)CCC2. The van der Waals surface area contributed by atoms with Crippen LogP contribution in [0, 0.1) is 0 Å². The molecule has 0 saturated carbocycles. The van der Waals surface area contributed by atoms with E-state index in [2.05, 4.69) is 25.8 Å². The van der Waals surface area contributed by atoms with E-state index in [0.29, 0.717) is 29.8 Å². The largest absolute Gasteiger partial charge is 0.478 e. The van der Waals surface area contributed by atoms with Gasteiger partial charge in [-0.1, -0.05) is 12.1 Å². The van der Waals surface area contributed by atoms with Crippen molar-refractivity contribution in [1.82, 2.24) is 9.78 Å². The average molecular weight is 462 g/mol. The quantitative estimate of drug-likeness (QED) is 0.603. The van der Waals surface area contributed by atoms with Crippen LogP contribution in [0.25, 0.3) is 5.69 Å². The number of aryl methyl sites for hydroxylation is 1. The zero-order valence-corrected chi connectivity index (χ0v) is 17.0. The van der Waals surface area contributed by atoms with Gasteiger partial charge in [-0.2, -0.15) is 5.10 Å². The number of aromatic carboxylic acids is 1. The van der Waals surface area contributed by atoms with Crippen LogP contribution in [0.15, 0.2) is 58.2 Å². The number of para-hydroxylation sites is 2. The predicted octanol–water partition coefficient (Wildman–Crippen LogP) is 3.62. The highest BCUT2D eigenvalue weighted by Crippen LogP contribution is 2.32. The zero-order chi connectivity index (χ0) is 19.9. The van der Waals surface area contributed by atoms with Crippen molar-refractivity contribution in [3.8, 4) is 5.69 Å². The molecule has 2 N–H and O–H groups in total. The molecule has 0 amide bonds. The van der Waals surface area contributed by atoms with Gasteiger partial charge in [-0.15, -0.1) is 0 Å². The highest BCUT2D eigenvalue weighted by Gasteiger charge is 2.27. The molecule has 0 spiro atoms. The van der Waals surface area contributed by atoms with Gasteiger partial charge in [-0.3, -0.25) is 4.72 Å². The lowest BCUT2D eigenvalue weighted by Gasteiger charge is -2.15. The summed E-state index contributed by atoms with van der Waals surface area (Å²) in [5, 5.41) is 13.6. The molecule has 144 valence electrons. The first-order valence-electron chi connectivity index (χ1n) is 8.56. The van der Waals surface area contributed by atoms with Crippen LogP contribution in [0.1, 0.15) is 27.9 Å². The van der Waals surface area contributed by atoms with Crippen molar-refractivity contribution in [2.45, 2.75) is 24.2 Å². The maximum absolute atomic E-state index is 13.2. The number of hydrogen-bond donors (Lipinski definition) is 2.